The van der Waals surface area contributed by atoms with Crippen molar-refractivity contribution in [2.75, 3.05) is 19.6 Å². The number of aliphatic carboxylic acids is 3. The molecular weight excluding hydrogens is 246 g/mol. The third kappa shape index (κ3) is 8.98. The molecular formula is C6H9CuNO6+. The predicted octanol–water partition coefficient (Wildman–Crippen LogP) is -1.46. The molecule has 0 amide bonds. The fraction of sp³-hybridized carbons (Fsp3) is 0.500. The van der Waals surface area contributed by atoms with Crippen LogP contribution in [0.25, 0.3) is 0 Å². The van der Waals surface area contributed by atoms with Crippen molar-refractivity contribution in [2.24, 2.45) is 0 Å². The summed E-state index contributed by atoms with van der Waals surface area (Å²) < 4.78 is 0. The van der Waals surface area contributed by atoms with E-state index in [1.54, 1.807) is 0 Å². The van der Waals surface area contributed by atoms with Crippen LogP contribution in [0.3, 0.4) is 0 Å². The van der Waals surface area contributed by atoms with E-state index < -0.39 is 37.5 Å². The van der Waals surface area contributed by atoms with E-state index in [9.17, 15) is 14.4 Å². The first-order chi connectivity index (χ1) is 5.91. The summed E-state index contributed by atoms with van der Waals surface area (Å²) in [7, 11) is 0. The van der Waals surface area contributed by atoms with E-state index in [-0.39, 0.29) is 17.1 Å². The molecule has 0 heterocycles. The summed E-state index contributed by atoms with van der Waals surface area (Å²) in [6, 6.07) is 0. The molecule has 8 heteroatoms. The minimum atomic E-state index is -1.26. The van der Waals surface area contributed by atoms with Gasteiger partial charge in [-0.25, -0.2) is 0 Å². The van der Waals surface area contributed by atoms with Crippen molar-refractivity contribution in [1.29, 1.82) is 0 Å². The number of carboxylic acids is 3. The molecule has 14 heavy (non-hydrogen) atoms. The summed E-state index contributed by atoms with van der Waals surface area (Å²) >= 11 is 0. The summed E-state index contributed by atoms with van der Waals surface area (Å²) in [6.45, 7) is -1.80. The van der Waals surface area contributed by atoms with Crippen molar-refractivity contribution >= 4 is 17.9 Å². The molecule has 0 aliphatic heterocycles. The Morgan fingerprint density at radius 1 is 0.786 bits per heavy atom. The van der Waals surface area contributed by atoms with Crippen LogP contribution in [0.15, 0.2) is 0 Å². The molecule has 3 N–H and O–H groups in total. The first-order valence-corrected chi connectivity index (χ1v) is 3.29. The van der Waals surface area contributed by atoms with Gasteiger partial charge in [0.15, 0.2) is 0 Å². The van der Waals surface area contributed by atoms with Gasteiger partial charge in [-0.2, -0.15) is 0 Å². The van der Waals surface area contributed by atoms with E-state index in [0.717, 1.165) is 4.90 Å². The molecule has 0 radical (unpaired) electrons. The van der Waals surface area contributed by atoms with Crippen LogP contribution in [0.5, 0.6) is 0 Å². The molecule has 0 aromatic carbocycles. The smallest absolute Gasteiger partial charge is 0.480 e. The molecule has 0 aromatic rings. The van der Waals surface area contributed by atoms with Gasteiger partial charge in [-0.05, 0) is 0 Å². The Bertz CT molecular complexity index is 192. The van der Waals surface area contributed by atoms with Crippen LogP contribution in [-0.2, 0) is 31.5 Å². The average Bonchev–Trinajstić information content (AvgIpc) is 1.80. The van der Waals surface area contributed by atoms with Gasteiger partial charge < -0.3 is 15.3 Å². The molecule has 84 valence electrons. The second-order valence-corrected chi connectivity index (χ2v) is 2.33. The van der Waals surface area contributed by atoms with Crippen molar-refractivity contribution in [3.8, 4) is 0 Å². The number of carbonyl (C=O) groups is 3. The standard InChI is InChI=1S/C6H9NO6.Cu/c8-4(9)1-7(2-5(10)11)3-6(12)13;/h1-3H2,(H,8,9)(H,10,11)(H,12,13);/q;+1. The number of rotatable bonds is 6. The fourth-order valence-electron chi connectivity index (χ4n) is 0.742. The Morgan fingerprint density at radius 3 is 1.14 bits per heavy atom. The third-order valence-corrected chi connectivity index (χ3v) is 1.08. The molecule has 0 aromatic heterocycles. The van der Waals surface area contributed by atoms with Crippen LogP contribution >= 0.6 is 0 Å². The summed E-state index contributed by atoms with van der Waals surface area (Å²) in [5.41, 5.74) is 0. The molecule has 0 unspecified atom stereocenters. The van der Waals surface area contributed by atoms with Gasteiger partial charge >= 0.3 is 35.0 Å². The Kier molecular flexibility index (Phi) is 8.02. The van der Waals surface area contributed by atoms with Gasteiger partial charge in [0.05, 0.1) is 19.6 Å². The molecule has 0 aliphatic carbocycles. The first-order valence-electron chi connectivity index (χ1n) is 3.29. The normalized spacial score (nSPS) is 9.21. The molecule has 0 saturated carbocycles. The van der Waals surface area contributed by atoms with E-state index in [2.05, 4.69) is 0 Å². The van der Waals surface area contributed by atoms with E-state index in [1.165, 1.54) is 0 Å². The summed E-state index contributed by atoms with van der Waals surface area (Å²) in [5, 5.41) is 24.8. The van der Waals surface area contributed by atoms with Crippen LogP contribution in [0.4, 0.5) is 0 Å². The van der Waals surface area contributed by atoms with Gasteiger partial charge in [0.25, 0.3) is 0 Å². The van der Waals surface area contributed by atoms with Crippen LogP contribution in [-0.4, -0.2) is 57.8 Å². The zero-order valence-electron chi connectivity index (χ0n) is 6.94. The van der Waals surface area contributed by atoms with Gasteiger partial charge in [-0.15, -0.1) is 0 Å². The van der Waals surface area contributed by atoms with Gasteiger partial charge in [0.2, 0.25) is 0 Å². The summed E-state index contributed by atoms with van der Waals surface area (Å²) in [4.78, 5) is 31.2. The summed E-state index contributed by atoms with van der Waals surface area (Å²) in [6.07, 6.45) is 0. The van der Waals surface area contributed by atoms with Crippen molar-refractivity contribution in [1.82, 2.24) is 4.90 Å². The van der Waals surface area contributed by atoms with Gasteiger partial charge in [-0.1, -0.05) is 0 Å². The monoisotopic (exact) mass is 254 g/mol. The topological polar surface area (TPSA) is 115 Å². The van der Waals surface area contributed by atoms with Crippen LogP contribution in [0.2, 0.25) is 0 Å². The first kappa shape index (κ1) is 15.4. The fourth-order valence-corrected chi connectivity index (χ4v) is 0.742. The molecule has 0 rings (SSSR count). The van der Waals surface area contributed by atoms with E-state index >= 15 is 0 Å². The largest absolute Gasteiger partial charge is 1.00 e. The number of hydrogen-bond acceptors (Lipinski definition) is 4. The SMILES string of the molecule is O=C(O)CN(CC(=O)O)CC(=O)O.[Cu+]. The molecule has 0 spiro atoms. The zero-order chi connectivity index (χ0) is 10.4. The second kappa shape index (κ2) is 7.31. The maximum absolute atomic E-state index is 10.1. The minimum Gasteiger partial charge on any atom is -0.480 e. The maximum atomic E-state index is 10.1. The minimum absolute atomic E-state index is 0. The zero-order valence-corrected chi connectivity index (χ0v) is 7.88. The molecule has 0 fully saturated rings. The van der Waals surface area contributed by atoms with Crippen molar-refractivity contribution in [3.05, 3.63) is 0 Å². The average molecular weight is 255 g/mol. The van der Waals surface area contributed by atoms with E-state index in [0.29, 0.717) is 0 Å². The third-order valence-electron chi connectivity index (χ3n) is 1.08. The van der Waals surface area contributed by atoms with Crippen LogP contribution < -0.4 is 0 Å². The Hall–Kier alpha value is -1.11. The van der Waals surface area contributed by atoms with Crippen molar-refractivity contribution < 1.29 is 46.8 Å². The Morgan fingerprint density at radius 2 is 1.00 bits per heavy atom. The van der Waals surface area contributed by atoms with E-state index in [4.69, 9.17) is 15.3 Å². The quantitative estimate of drug-likeness (QED) is 0.496. The number of carboxylic acid groups (broad SMARTS) is 3. The summed E-state index contributed by atoms with van der Waals surface area (Å²) in [5.74, 6) is -3.78. The van der Waals surface area contributed by atoms with Gasteiger partial charge in [0, 0.05) is 0 Å². The van der Waals surface area contributed by atoms with Crippen LogP contribution in [0, 0.1) is 0 Å². The molecule has 0 bridgehead atoms. The predicted molar refractivity (Wildman–Crippen MR) is 39.3 cm³/mol. The van der Waals surface area contributed by atoms with Gasteiger partial charge in [0.1, 0.15) is 0 Å². The maximum Gasteiger partial charge on any atom is 1.00 e. The van der Waals surface area contributed by atoms with Crippen molar-refractivity contribution in [3.63, 3.8) is 0 Å². The van der Waals surface area contributed by atoms with Crippen molar-refractivity contribution in [2.45, 2.75) is 0 Å². The number of hydrogen-bond donors (Lipinski definition) is 3. The Balaban J connectivity index is 0. The molecule has 0 saturated heterocycles. The van der Waals surface area contributed by atoms with Crippen LogP contribution in [0.1, 0.15) is 0 Å². The Labute approximate surface area is 89.8 Å². The molecule has 0 atom stereocenters. The van der Waals surface area contributed by atoms with Gasteiger partial charge in [-0.3, -0.25) is 19.3 Å². The molecule has 0 aliphatic rings. The second-order valence-electron chi connectivity index (χ2n) is 2.33. The number of nitrogens with zero attached hydrogens (tertiary/aromatic N) is 1. The van der Waals surface area contributed by atoms with E-state index in [1.807, 2.05) is 0 Å². The molecule has 7 nitrogen and oxygen atoms in total.